The predicted molar refractivity (Wildman–Crippen MR) is 119 cm³/mol. The van der Waals surface area contributed by atoms with E-state index >= 15 is 0 Å². The van der Waals surface area contributed by atoms with E-state index in [1.54, 1.807) is 13.0 Å². The van der Waals surface area contributed by atoms with Crippen molar-refractivity contribution in [1.82, 2.24) is 10.2 Å². The molecule has 32 heavy (non-hydrogen) atoms. The van der Waals surface area contributed by atoms with Crippen LogP contribution in [-0.4, -0.2) is 46.4 Å². The number of carbonyl (C=O) groups excluding carboxylic acids is 3. The van der Waals surface area contributed by atoms with Crippen molar-refractivity contribution in [2.45, 2.75) is 38.0 Å². The molecule has 2 aromatic rings. The average molecular weight is 454 g/mol. The van der Waals surface area contributed by atoms with Crippen molar-refractivity contribution in [1.29, 1.82) is 0 Å². The number of nitrogens with one attached hydrogen (secondary N) is 2. The molecule has 166 valence electrons. The number of amides is 3. The lowest BCUT2D eigenvalue weighted by Crippen LogP contribution is -2.55. The first-order chi connectivity index (χ1) is 15.3. The summed E-state index contributed by atoms with van der Waals surface area (Å²) in [6.07, 6.45) is -0.421. The van der Waals surface area contributed by atoms with Gasteiger partial charge < -0.3 is 10.4 Å². The largest absolute Gasteiger partial charge is 0.392 e. The lowest BCUT2D eigenvalue weighted by atomic mass is 9.76. The normalized spacial score (nSPS) is 29.4. The number of hydrogen-bond donors (Lipinski definition) is 3. The Morgan fingerprint density at radius 3 is 2.56 bits per heavy atom. The van der Waals surface area contributed by atoms with Crippen molar-refractivity contribution in [3.63, 3.8) is 0 Å². The van der Waals surface area contributed by atoms with Crippen LogP contribution < -0.4 is 10.6 Å². The number of nitrogens with zero attached hydrogens (tertiary/aromatic N) is 1. The van der Waals surface area contributed by atoms with E-state index in [1.807, 2.05) is 43.3 Å². The van der Waals surface area contributed by atoms with Gasteiger partial charge in [0, 0.05) is 18.2 Å². The number of imide groups is 1. The molecule has 7 nitrogen and oxygen atoms in total. The summed E-state index contributed by atoms with van der Waals surface area (Å²) < 4.78 is 0. The molecule has 2 saturated heterocycles. The summed E-state index contributed by atoms with van der Waals surface area (Å²) in [6.45, 7) is 3.64. The molecule has 5 rings (SSSR count). The fraction of sp³-hybridized carbons (Fsp3) is 0.375. The summed E-state index contributed by atoms with van der Waals surface area (Å²) in [5, 5.41) is 16.9. The molecule has 3 aliphatic heterocycles. The van der Waals surface area contributed by atoms with Crippen molar-refractivity contribution >= 4 is 35.0 Å². The molecule has 3 amide bonds. The molecule has 2 fully saturated rings. The Balaban J connectivity index is 1.58. The summed E-state index contributed by atoms with van der Waals surface area (Å²) in [4.78, 5) is 41.7. The van der Waals surface area contributed by atoms with E-state index in [0.29, 0.717) is 22.7 Å². The quantitative estimate of drug-likeness (QED) is 0.615. The van der Waals surface area contributed by atoms with Crippen molar-refractivity contribution in [2.75, 3.05) is 11.9 Å². The summed E-state index contributed by atoms with van der Waals surface area (Å²) in [7, 11) is 0. The number of likely N-dealkylation sites (tertiary alicyclic amines) is 1. The number of rotatable bonds is 4. The Morgan fingerprint density at radius 1 is 1.16 bits per heavy atom. The Morgan fingerprint density at radius 2 is 1.88 bits per heavy atom. The number of aliphatic hydroxyl groups is 1. The minimum absolute atomic E-state index is 0.223. The predicted octanol–water partition coefficient (Wildman–Crippen LogP) is 1.99. The van der Waals surface area contributed by atoms with E-state index in [2.05, 4.69) is 10.6 Å². The van der Waals surface area contributed by atoms with Crippen molar-refractivity contribution in [3.05, 3.63) is 64.2 Å². The van der Waals surface area contributed by atoms with Gasteiger partial charge >= 0.3 is 0 Å². The SMILES string of the molecule is Cc1cc(Cl)c2c(c1)[C@]1(N[C@H]([C@@H](C)O)[C@H]3C(=O)N(CCc4ccccc4)C(=O)[C@@H]31)C(=O)N2. The van der Waals surface area contributed by atoms with Gasteiger partial charge in [0.25, 0.3) is 0 Å². The molecule has 0 bridgehead atoms. The first-order valence-electron chi connectivity index (χ1n) is 10.7. The number of halogens is 1. The molecule has 3 aliphatic rings. The van der Waals surface area contributed by atoms with E-state index < -0.39 is 41.3 Å². The van der Waals surface area contributed by atoms with Gasteiger partial charge in [0.2, 0.25) is 17.7 Å². The number of carbonyl (C=O) groups is 3. The van der Waals surface area contributed by atoms with Gasteiger partial charge in [0.1, 0.15) is 5.54 Å². The van der Waals surface area contributed by atoms with Crippen LogP contribution in [0.3, 0.4) is 0 Å². The summed E-state index contributed by atoms with van der Waals surface area (Å²) in [5.74, 6) is -2.97. The molecular weight excluding hydrogens is 430 g/mol. The molecular formula is C24H24ClN3O4. The molecule has 3 heterocycles. The molecule has 5 atom stereocenters. The van der Waals surface area contributed by atoms with Crippen LogP contribution in [0.5, 0.6) is 0 Å². The third kappa shape index (κ3) is 2.85. The smallest absolute Gasteiger partial charge is 0.250 e. The number of aryl methyl sites for hydroxylation is 1. The highest BCUT2D eigenvalue weighted by Gasteiger charge is 2.71. The second-order valence-corrected chi connectivity index (χ2v) is 9.32. The Hall–Kier alpha value is -2.74. The number of benzene rings is 2. The van der Waals surface area contributed by atoms with Gasteiger partial charge in [-0.15, -0.1) is 0 Å². The standard InChI is InChI=1S/C24H24ClN3O4/c1-12-10-15-20(16(25)11-12)26-23(32)24(15)18-17(19(27-24)13(2)29)21(30)28(22(18)31)9-8-14-6-4-3-5-7-14/h3-7,10-11,13,17-19,27,29H,8-9H2,1-2H3,(H,26,32)/t13-,17+,18-,19-,24-/m1/s1. The van der Waals surface area contributed by atoms with Crippen molar-refractivity contribution in [3.8, 4) is 0 Å². The van der Waals surface area contributed by atoms with Gasteiger partial charge in [0.05, 0.1) is 28.6 Å². The van der Waals surface area contributed by atoms with Gasteiger partial charge in [-0.1, -0.05) is 48.0 Å². The fourth-order valence-corrected chi connectivity index (χ4v) is 5.83. The van der Waals surface area contributed by atoms with Crippen LogP contribution in [0.4, 0.5) is 5.69 Å². The summed E-state index contributed by atoms with van der Waals surface area (Å²) in [5.41, 5.74) is 1.39. The van der Waals surface area contributed by atoms with E-state index in [9.17, 15) is 19.5 Å². The van der Waals surface area contributed by atoms with E-state index in [1.165, 1.54) is 4.90 Å². The number of hydrogen-bond acceptors (Lipinski definition) is 5. The molecule has 0 radical (unpaired) electrons. The fourth-order valence-electron chi connectivity index (χ4n) is 5.50. The molecule has 1 spiro atoms. The Kier molecular flexibility index (Phi) is 4.89. The maximum atomic E-state index is 13.6. The lowest BCUT2D eigenvalue weighted by Gasteiger charge is -2.30. The van der Waals surface area contributed by atoms with Gasteiger partial charge in [-0.05, 0) is 37.5 Å². The van der Waals surface area contributed by atoms with E-state index in [4.69, 9.17) is 11.6 Å². The van der Waals surface area contributed by atoms with Crippen LogP contribution in [-0.2, 0) is 26.3 Å². The zero-order valence-corrected chi connectivity index (χ0v) is 18.5. The monoisotopic (exact) mass is 453 g/mol. The average Bonchev–Trinajstić information content (AvgIpc) is 3.34. The van der Waals surface area contributed by atoms with Crippen LogP contribution in [0.1, 0.15) is 23.6 Å². The third-order valence-corrected chi connectivity index (χ3v) is 7.23. The van der Waals surface area contributed by atoms with Crippen LogP contribution in [0, 0.1) is 18.8 Å². The van der Waals surface area contributed by atoms with E-state index in [-0.39, 0.29) is 12.5 Å². The molecule has 8 heteroatoms. The second-order valence-electron chi connectivity index (χ2n) is 8.91. The Labute approximate surface area is 190 Å². The zero-order valence-electron chi connectivity index (χ0n) is 17.8. The van der Waals surface area contributed by atoms with Crippen LogP contribution in [0.2, 0.25) is 5.02 Å². The van der Waals surface area contributed by atoms with Gasteiger partial charge in [-0.2, -0.15) is 0 Å². The first kappa shape index (κ1) is 21.1. The maximum Gasteiger partial charge on any atom is 0.250 e. The summed E-state index contributed by atoms with van der Waals surface area (Å²) >= 11 is 6.40. The zero-order chi connectivity index (χ0) is 22.8. The van der Waals surface area contributed by atoms with Crippen molar-refractivity contribution < 1.29 is 19.5 Å². The summed E-state index contributed by atoms with van der Waals surface area (Å²) in [6, 6.07) is 12.4. The topological polar surface area (TPSA) is 98.7 Å². The van der Waals surface area contributed by atoms with E-state index in [0.717, 1.165) is 11.1 Å². The highest BCUT2D eigenvalue weighted by Crippen LogP contribution is 2.54. The molecule has 0 saturated carbocycles. The molecule has 0 unspecified atom stereocenters. The number of fused-ring (bicyclic) bond motifs is 4. The minimum Gasteiger partial charge on any atom is -0.392 e. The van der Waals surface area contributed by atoms with Gasteiger partial charge in [0.15, 0.2) is 0 Å². The first-order valence-corrected chi connectivity index (χ1v) is 11.1. The highest BCUT2D eigenvalue weighted by atomic mass is 35.5. The van der Waals surface area contributed by atoms with Gasteiger partial charge in [-0.25, -0.2) is 0 Å². The number of aliphatic hydroxyl groups excluding tert-OH is 1. The highest BCUT2D eigenvalue weighted by molar-refractivity contribution is 6.35. The van der Waals surface area contributed by atoms with Crippen molar-refractivity contribution in [2.24, 2.45) is 11.8 Å². The van der Waals surface area contributed by atoms with Crippen LogP contribution >= 0.6 is 11.6 Å². The molecule has 3 N–H and O–H groups in total. The molecule has 2 aromatic carbocycles. The third-order valence-electron chi connectivity index (χ3n) is 6.93. The second kappa shape index (κ2) is 7.40. The van der Waals surface area contributed by atoms with Gasteiger partial charge in [-0.3, -0.25) is 24.6 Å². The maximum absolute atomic E-state index is 13.6. The lowest BCUT2D eigenvalue weighted by molar-refractivity contribution is -0.143. The number of anilines is 1. The molecule has 0 aromatic heterocycles. The molecule has 0 aliphatic carbocycles. The Bertz CT molecular complexity index is 1140. The van der Waals surface area contributed by atoms with Crippen LogP contribution in [0.25, 0.3) is 0 Å². The van der Waals surface area contributed by atoms with Crippen LogP contribution in [0.15, 0.2) is 42.5 Å². The minimum atomic E-state index is -1.45.